The third kappa shape index (κ3) is 3.42. The summed E-state index contributed by atoms with van der Waals surface area (Å²) in [6.45, 7) is 0.144. The van der Waals surface area contributed by atoms with Gasteiger partial charge in [-0.05, 0) is 24.1 Å². The maximum atomic E-state index is 10.0. The van der Waals surface area contributed by atoms with Crippen molar-refractivity contribution in [1.82, 2.24) is 0 Å². The number of carbonyl (C=O) groups excluding carboxylic acids is 1. The smallest absolute Gasteiger partial charge is 0.131 e. The molecule has 0 atom stereocenters. The Bertz CT molecular complexity index is 358. The van der Waals surface area contributed by atoms with Crippen LogP contribution < -0.4 is 0 Å². The molecule has 0 saturated carbocycles. The van der Waals surface area contributed by atoms with Crippen LogP contribution in [0.1, 0.15) is 17.5 Å². The van der Waals surface area contributed by atoms with E-state index in [4.69, 9.17) is 5.11 Å². The van der Waals surface area contributed by atoms with Gasteiger partial charge in [0.15, 0.2) is 0 Å². The van der Waals surface area contributed by atoms with Gasteiger partial charge in [0.05, 0.1) is 6.42 Å². The van der Waals surface area contributed by atoms with Crippen molar-refractivity contribution in [1.29, 1.82) is 0 Å². The van der Waals surface area contributed by atoms with Crippen LogP contribution in [0.4, 0.5) is 0 Å². The van der Waals surface area contributed by atoms with Crippen molar-refractivity contribution in [2.24, 2.45) is 0 Å². The molecule has 0 aliphatic heterocycles. The lowest BCUT2D eigenvalue weighted by atomic mass is 10.1. The SMILES string of the molecule is O=CCC#Cc1cccc(CCO)c1. The first-order chi connectivity index (χ1) is 6.86. The number of aliphatic hydroxyl groups excluding tert-OH is 1. The Hall–Kier alpha value is -1.59. The molecular formula is C12H12O2. The zero-order valence-corrected chi connectivity index (χ0v) is 7.86. The highest BCUT2D eigenvalue weighted by Crippen LogP contribution is 2.04. The normalized spacial score (nSPS) is 8.93. The molecule has 0 aliphatic carbocycles. The quantitative estimate of drug-likeness (QED) is 0.571. The largest absolute Gasteiger partial charge is 0.396 e. The Balaban J connectivity index is 2.74. The molecule has 72 valence electrons. The minimum atomic E-state index is 0.144. The standard InChI is InChI=1S/C12H12O2/c13-8-2-1-4-11-5-3-6-12(10-11)7-9-14/h3,5-6,8,10,14H,2,7,9H2. The summed E-state index contributed by atoms with van der Waals surface area (Å²) >= 11 is 0. The number of benzene rings is 1. The maximum absolute atomic E-state index is 10.0. The van der Waals surface area contributed by atoms with Crippen molar-refractivity contribution < 1.29 is 9.90 Å². The van der Waals surface area contributed by atoms with E-state index in [1.165, 1.54) is 0 Å². The number of rotatable bonds is 3. The van der Waals surface area contributed by atoms with Crippen LogP contribution in [-0.2, 0) is 11.2 Å². The summed E-state index contributed by atoms with van der Waals surface area (Å²) in [7, 11) is 0. The van der Waals surface area contributed by atoms with Gasteiger partial charge in [-0.2, -0.15) is 0 Å². The van der Waals surface area contributed by atoms with E-state index in [0.717, 1.165) is 17.4 Å². The van der Waals surface area contributed by atoms with Crippen molar-refractivity contribution in [2.45, 2.75) is 12.8 Å². The second-order valence-corrected chi connectivity index (χ2v) is 2.85. The van der Waals surface area contributed by atoms with Crippen LogP contribution in [0, 0.1) is 11.8 Å². The molecule has 1 aromatic carbocycles. The molecule has 0 fully saturated rings. The average molecular weight is 188 g/mol. The van der Waals surface area contributed by atoms with E-state index in [1.54, 1.807) is 0 Å². The molecular weight excluding hydrogens is 176 g/mol. The van der Waals surface area contributed by atoms with Crippen LogP contribution in [0.25, 0.3) is 0 Å². The average Bonchev–Trinajstić information content (AvgIpc) is 2.19. The summed E-state index contributed by atoms with van der Waals surface area (Å²) in [5, 5.41) is 8.74. The van der Waals surface area contributed by atoms with E-state index >= 15 is 0 Å². The minimum absolute atomic E-state index is 0.144. The van der Waals surface area contributed by atoms with E-state index in [-0.39, 0.29) is 13.0 Å². The second kappa shape index (κ2) is 5.95. The van der Waals surface area contributed by atoms with Crippen molar-refractivity contribution in [3.05, 3.63) is 35.4 Å². The summed E-state index contributed by atoms with van der Waals surface area (Å²) < 4.78 is 0. The summed E-state index contributed by atoms with van der Waals surface area (Å²) in [5.74, 6) is 5.62. The van der Waals surface area contributed by atoms with Crippen molar-refractivity contribution >= 4 is 6.29 Å². The zero-order valence-electron chi connectivity index (χ0n) is 7.86. The third-order valence-corrected chi connectivity index (χ3v) is 1.75. The summed E-state index contributed by atoms with van der Waals surface area (Å²) in [4.78, 5) is 10.0. The Kier molecular flexibility index (Phi) is 4.46. The van der Waals surface area contributed by atoms with Gasteiger partial charge in [-0.15, -0.1) is 0 Å². The Morgan fingerprint density at radius 3 is 3.00 bits per heavy atom. The molecule has 1 rings (SSSR count). The number of aldehydes is 1. The molecule has 2 heteroatoms. The molecule has 0 saturated heterocycles. The van der Waals surface area contributed by atoms with Crippen molar-refractivity contribution in [3.8, 4) is 11.8 Å². The molecule has 0 bridgehead atoms. The van der Waals surface area contributed by atoms with Gasteiger partial charge in [0.25, 0.3) is 0 Å². The van der Waals surface area contributed by atoms with Gasteiger partial charge in [-0.3, -0.25) is 0 Å². The van der Waals surface area contributed by atoms with Crippen LogP contribution in [0.5, 0.6) is 0 Å². The van der Waals surface area contributed by atoms with Crippen LogP contribution >= 0.6 is 0 Å². The fourth-order valence-corrected chi connectivity index (χ4v) is 1.13. The van der Waals surface area contributed by atoms with Crippen LogP contribution in [0.15, 0.2) is 24.3 Å². The van der Waals surface area contributed by atoms with Gasteiger partial charge in [-0.1, -0.05) is 24.0 Å². The molecule has 2 nitrogen and oxygen atoms in total. The van der Waals surface area contributed by atoms with Crippen LogP contribution in [0.3, 0.4) is 0 Å². The maximum Gasteiger partial charge on any atom is 0.131 e. The molecule has 0 unspecified atom stereocenters. The van der Waals surface area contributed by atoms with E-state index in [9.17, 15) is 4.79 Å². The van der Waals surface area contributed by atoms with E-state index in [1.807, 2.05) is 24.3 Å². The fourth-order valence-electron chi connectivity index (χ4n) is 1.13. The molecule has 0 radical (unpaired) electrons. The molecule has 14 heavy (non-hydrogen) atoms. The second-order valence-electron chi connectivity index (χ2n) is 2.85. The predicted octanol–water partition coefficient (Wildman–Crippen LogP) is 1.16. The van der Waals surface area contributed by atoms with E-state index in [0.29, 0.717) is 6.42 Å². The zero-order chi connectivity index (χ0) is 10.2. The monoisotopic (exact) mass is 188 g/mol. The van der Waals surface area contributed by atoms with Crippen LogP contribution in [0.2, 0.25) is 0 Å². The van der Waals surface area contributed by atoms with Crippen LogP contribution in [-0.4, -0.2) is 18.0 Å². The predicted molar refractivity (Wildman–Crippen MR) is 54.8 cm³/mol. The lowest BCUT2D eigenvalue weighted by molar-refractivity contribution is -0.107. The van der Waals surface area contributed by atoms with Crippen molar-refractivity contribution in [2.75, 3.05) is 6.61 Å². The first kappa shape index (κ1) is 10.5. The van der Waals surface area contributed by atoms with Gasteiger partial charge in [0.2, 0.25) is 0 Å². The third-order valence-electron chi connectivity index (χ3n) is 1.75. The summed E-state index contributed by atoms with van der Waals surface area (Å²) in [6.07, 6.45) is 1.69. The molecule has 1 aromatic rings. The molecule has 0 amide bonds. The van der Waals surface area contributed by atoms with Gasteiger partial charge in [0, 0.05) is 12.2 Å². The highest BCUT2D eigenvalue weighted by molar-refractivity contribution is 5.55. The Morgan fingerprint density at radius 2 is 2.29 bits per heavy atom. The highest BCUT2D eigenvalue weighted by Gasteiger charge is 1.92. The Labute approximate surface area is 83.6 Å². The fraction of sp³-hybridized carbons (Fsp3) is 0.250. The van der Waals surface area contributed by atoms with Gasteiger partial charge in [0.1, 0.15) is 6.29 Å². The van der Waals surface area contributed by atoms with E-state index < -0.39 is 0 Å². The molecule has 0 spiro atoms. The number of carbonyl (C=O) groups is 1. The van der Waals surface area contributed by atoms with Gasteiger partial charge in [-0.25, -0.2) is 0 Å². The first-order valence-electron chi connectivity index (χ1n) is 4.49. The minimum Gasteiger partial charge on any atom is -0.396 e. The summed E-state index contributed by atoms with van der Waals surface area (Å²) in [6, 6.07) is 7.66. The molecule has 0 aliphatic rings. The Morgan fingerprint density at radius 1 is 1.43 bits per heavy atom. The van der Waals surface area contributed by atoms with Crippen molar-refractivity contribution in [3.63, 3.8) is 0 Å². The van der Waals surface area contributed by atoms with Gasteiger partial charge >= 0.3 is 0 Å². The highest BCUT2D eigenvalue weighted by atomic mass is 16.2. The number of hydrogen-bond donors (Lipinski definition) is 1. The number of aliphatic hydroxyl groups is 1. The topological polar surface area (TPSA) is 37.3 Å². The lowest BCUT2D eigenvalue weighted by Crippen LogP contribution is -1.90. The molecule has 0 heterocycles. The van der Waals surface area contributed by atoms with Gasteiger partial charge < -0.3 is 9.90 Å². The molecule has 1 N–H and O–H groups in total. The summed E-state index contributed by atoms with van der Waals surface area (Å²) in [5.41, 5.74) is 1.95. The number of hydrogen-bond acceptors (Lipinski definition) is 2. The lowest BCUT2D eigenvalue weighted by Gasteiger charge is -1.97. The first-order valence-corrected chi connectivity index (χ1v) is 4.49. The van der Waals surface area contributed by atoms with E-state index in [2.05, 4.69) is 11.8 Å². The molecule has 0 aromatic heterocycles.